The Morgan fingerprint density at radius 2 is 1.78 bits per heavy atom. The van der Waals surface area contributed by atoms with Crippen molar-refractivity contribution in [3.05, 3.63) is 69.5 Å². The van der Waals surface area contributed by atoms with E-state index in [1.807, 2.05) is 12.1 Å². The SMILES string of the molecule is [C-]#[N+]c1ccc(OC2C(C)(C)C(NC(=O)c3ccc4c(c3)CCNCC4)C2(C)C)cc1Cl. The summed E-state index contributed by atoms with van der Waals surface area (Å²) >= 11 is 6.19. The maximum atomic E-state index is 13.2. The number of rotatable bonds is 4. The van der Waals surface area contributed by atoms with E-state index in [9.17, 15) is 4.79 Å². The molecule has 2 aromatic rings. The molecule has 1 heterocycles. The first-order valence-electron chi connectivity index (χ1n) is 11.1. The lowest BCUT2D eigenvalue weighted by atomic mass is 9.49. The van der Waals surface area contributed by atoms with Crippen molar-refractivity contribution in [3.63, 3.8) is 0 Å². The number of halogens is 1. The zero-order valence-electron chi connectivity index (χ0n) is 19.1. The fourth-order valence-electron chi connectivity index (χ4n) is 5.62. The molecule has 5 nitrogen and oxygen atoms in total. The minimum atomic E-state index is -0.278. The molecule has 0 spiro atoms. The van der Waals surface area contributed by atoms with E-state index >= 15 is 0 Å². The Hall–Kier alpha value is -2.55. The maximum absolute atomic E-state index is 13.2. The number of fused-ring (bicyclic) bond motifs is 1. The third-order valence-electron chi connectivity index (χ3n) is 7.02. The van der Waals surface area contributed by atoms with Crippen LogP contribution in [-0.4, -0.2) is 31.1 Å². The largest absolute Gasteiger partial charge is 0.489 e. The van der Waals surface area contributed by atoms with Gasteiger partial charge in [0.1, 0.15) is 11.9 Å². The van der Waals surface area contributed by atoms with Gasteiger partial charge in [-0.25, -0.2) is 4.85 Å². The van der Waals surface area contributed by atoms with E-state index in [1.54, 1.807) is 18.2 Å². The van der Waals surface area contributed by atoms with Crippen LogP contribution in [0, 0.1) is 17.4 Å². The minimum absolute atomic E-state index is 0.0425. The molecule has 32 heavy (non-hydrogen) atoms. The van der Waals surface area contributed by atoms with E-state index in [0.717, 1.165) is 25.9 Å². The second-order valence-corrected chi connectivity index (χ2v) is 10.4. The fraction of sp³-hybridized carbons (Fsp3) is 0.462. The second-order valence-electron chi connectivity index (χ2n) is 10.0. The molecule has 168 valence electrons. The molecule has 0 atom stereocenters. The first-order chi connectivity index (χ1) is 15.1. The van der Waals surface area contributed by atoms with Gasteiger partial charge in [-0.15, -0.1) is 0 Å². The first-order valence-corrected chi connectivity index (χ1v) is 11.5. The molecule has 0 aromatic heterocycles. The fourth-order valence-corrected chi connectivity index (χ4v) is 5.83. The van der Waals surface area contributed by atoms with Crippen LogP contribution in [0.4, 0.5) is 5.69 Å². The number of hydrogen-bond acceptors (Lipinski definition) is 3. The second kappa shape index (κ2) is 8.42. The highest BCUT2D eigenvalue weighted by Gasteiger charge is 2.64. The van der Waals surface area contributed by atoms with Crippen LogP contribution in [-0.2, 0) is 12.8 Å². The highest BCUT2D eigenvalue weighted by molar-refractivity contribution is 6.33. The van der Waals surface area contributed by atoms with Crippen LogP contribution in [0.3, 0.4) is 0 Å². The summed E-state index contributed by atoms with van der Waals surface area (Å²) in [7, 11) is 0. The average molecular weight is 452 g/mol. The van der Waals surface area contributed by atoms with Crippen LogP contribution in [0.5, 0.6) is 5.75 Å². The van der Waals surface area contributed by atoms with Gasteiger partial charge in [-0.1, -0.05) is 51.4 Å². The Morgan fingerprint density at radius 1 is 1.09 bits per heavy atom. The van der Waals surface area contributed by atoms with Crippen molar-refractivity contribution in [2.24, 2.45) is 10.8 Å². The predicted octanol–water partition coefficient (Wildman–Crippen LogP) is 5.19. The van der Waals surface area contributed by atoms with E-state index in [2.05, 4.69) is 49.2 Å². The molecule has 0 radical (unpaired) electrons. The van der Waals surface area contributed by atoms with E-state index in [1.165, 1.54) is 11.1 Å². The van der Waals surface area contributed by atoms with Gasteiger partial charge in [0.05, 0.1) is 11.6 Å². The van der Waals surface area contributed by atoms with Crippen molar-refractivity contribution in [1.29, 1.82) is 0 Å². The topological polar surface area (TPSA) is 54.7 Å². The van der Waals surface area contributed by atoms with E-state index in [-0.39, 0.29) is 28.9 Å². The Morgan fingerprint density at radius 3 is 2.44 bits per heavy atom. The van der Waals surface area contributed by atoms with Gasteiger partial charge in [-0.05, 0) is 61.3 Å². The molecular weight excluding hydrogens is 422 g/mol. The number of carbonyl (C=O) groups is 1. The number of benzene rings is 2. The molecule has 2 aromatic carbocycles. The molecule has 1 fully saturated rings. The zero-order chi connectivity index (χ0) is 23.1. The van der Waals surface area contributed by atoms with Gasteiger partial charge in [-0.3, -0.25) is 4.79 Å². The zero-order valence-corrected chi connectivity index (χ0v) is 19.8. The summed E-state index contributed by atoms with van der Waals surface area (Å²) in [6, 6.07) is 11.2. The normalized spacial score (nSPS) is 23.1. The summed E-state index contributed by atoms with van der Waals surface area (Å²) in [5.41, 5.74) is 3.15. The Kier molecular flexibility index (Phi) is 5.96. The van der Waals surface area contributed by atoms with Gasteiger partial charge in [0.15, 0.2) is 0 Å². The molecule has 0 unspecified atom stereocenters. The number of amides is 1. The monoisotopic (exact) mass is 451 g/mol. The molecule has 0 saturated heterocycles. The lowest BCUT2D eigenvalue weighted by molar-refractivity contribution is -0.164. The van der Waals surface area contributed by atoms with Crippen molar-refractivity contribution < 1.29 is 9.53 Å². The van der Waals surface area contributed by atoms with Gasteiger partial charge in [0.2, 0.25) is 5.69 Å². The van der Waals surface area contributed by atoms with Gasteiger partial charge >= 0.3 is 0 Å². The molecule has 4 rings (SSSR count). The number of nitrogens with zero attached hydrogens (tertiary/aromatic N) is 1. The van der Waals surface area contributed by atoms with Gasteiger partial charge in [0, 0.05) is 22.4 Å². The molecule has 2 N–H and O–H groups in total. The highest BCUT2D eigenvalue weighted by atomic mass is 35.5. The molecule has 1 aliphatic heterocycles. The number of hydrogen-bond donors (Lipinski definition) is 2. The van der Waals surface area contributed by atoms with Crippen LogP contribution in [0.15, 0.2) is 36.4 Å². The molecule has 1 saturated carbocycles. The molecular formula is C26H30ClN3O2. The van der Waals surface area contributed by atoms with E-state index in [4.69, 9.17) is 22.9 Å². The summed E-state index contributed by atoms with van der Waals surface area (Å²) in [6.07, 6.45) is 1.83. The van der Waals surface area contributed by atoms with Crippen molar-refractivity contribution >= 4 is 23.2 Å². The lowest BCUT2D eigenvalue weighted by Crippen LogP contribution is -2.74. The third-order valence-corrected chi connectivity index (χ3v) is 7.32. The smallest absolute Gasteiger partial charge is 0.251 e. The van der Waals surface area contributed by atoms with Crippen LogP contribution < -0.4 is 15.4 Å². The minimum Gasteiger partial charge on any atom is -0.489 e. The first kappa shape index (κ1) is 22.6. The molecule has 2 aliphatic rings. The molecule has 1 aliphatic carbocycles. The predicted molar refractivity (Wildman–Crippen MR) is 128 cm³/mol. The van der Waals surface area contributed by atoms with E-state index < -0.39 is 0 Å². The van der Waals surface area contributed by atoms with Crippen molar-refractivity contribution in [3.8, 4) is 5.75 Å². The van der Waals surface area contributed by atoms with E-state index in [0.29, 0.717) is 22.0 Å². The van der Waals surface area contributed by atoms with Crippen molar-refractivity contribution in [2.45, 2.75) is 52.7 Å². The molecule has 6 heteroatoms. The highest BCUT2D eigenvalue weighted by Crippen LogP contribution is 2.55. The van der Waals surface area contributed by atoms with Crippen molar-refractivity contribution in [1.82, 2.24) is 10.6 Å². The summed E-state index contributed by atoms with van der Waals surface area (Å²) in [4.78, 5) is 16.6. The summed E-state index contributed by atoms with van der Waals surface area (Å²) < 4.78 is 6.32. The summed E-state index contributed by atoms with van der Waals surface area (Å²) in [6.45, 7) is 17.5. The van der Waals surface area contributed by atoms with Gasteiger partial charge in [0.25, 0.3) is 5.91 Å². The third kappa shape index (κ3) is 3.98. The Balaban J connectivity index is 1.49. The van der Waals surface area contributed by atoms with Gasteiger partial charge < -0.3 is 15.4 Å². The summed E-state index contributed by atoms with van der Waals surface area (Å²) in [5.74, 6) is 0.594. The number of carbonyl (C=O) groups excluding carboxylic acids is 1. The average Bonchev–Trinajstić information content (AvgIpc) is 3.00. The van der Waals surface area contributed by atoms with Crippen LogP contribution >= 0.6 is 11.6 Å². The van der Waals surface area contributed by atoms with Crippen LogP contribution in [0.1, 0.15) is 49.2 Å². The van der Waals surface area contributed by atoms with Gasteiger partial charge in [-0.2, -0.15) is 0 Å². The maximum Gasteiger partial charge on any atom is 0.251 e. The Bertz CT molecular complexity index is 1070. The van der Waals surface area contributed by atoms with Crippen molar-refractivity contribution in [2.75, 3.05) is 13.1 Å². The number of ether oxygens (including phenoxy) is 1. The van der Waals surface area contributed by atoms with Crippen LogP contribution in [0.25, 0.3) is 4.85 Å². The quantitative estimate of drug-likeness (QED) is 0.629. The Labute approximate surface area is 195 Å². The standard InChI is InChI=1S/C26H30ClN3O2/c1-25(2)23(26(3,4)24(25)32-19-8-9-21(28-5)20(27)15-19)30-22(31)18-7-6-16-10-12-29-13-11-17(16)14-18/h6-9,14-15,23-24,29H,10-13H2,1-4H3,(H,30,31). The molecule has 0 bridgehead atoms. The van der Waals surface area contributed by atoms with Crippen LogP contribution in [0.2, 0.25) is 5.02 Å². The molecule has 1 amide bonds. The number of nitrogens with one attached hydrogen (secondary N) is 2. The summed E-state index contributed by atoms with van der Waals surface area (Å²) in [5, 5.41) is 7.08. The lowest BCUT2D eigenvalue weighted by Gasteiger charge is -2.63.